The van der Waals surface area contributed by atoms with Crippen LogP contribution in [0.1, 0.15) is 16.5 Å². The number of hydrogen-bond donors (Lipinski definition) is 2. The van der Waals surface area contributed by atoms with Gasteiger partial charge in [0.25, 0.3) is 0 Å². The third-order valence-electron chi connectivity index (χ3n) is 2.62. The standard InChI is InChI=1S/C12H11Br2ClN2S/c13-9-2-1-7(15)5-8(9)11(17-16)6-12-10(14)3-4-18-12/h1-5,11,17H,6,16H2. The zero-order chi connectivity index (χ0) is 13.1. The van der Waals surface area contributed by atoms with Crippen molar-refractivity contribution in [2.24, 2.45) is 5.84 Å². The molecule has 3 N–H and O–H groups in total. The van der Waals surface area contributed by atoms with Crippen LogP contribution in [0.3, 0.4) is 0 Å². The van der Waals surface area contributed by atoms with Gasteiger partial charge in [0.15, 0.2) is 0 Å². The molecular formula is C12H11Br2ClN2S. The number of nitrogens with two attached hydrogens (primary N) is 1. The molecule has 1 aromatic heterocycles. The smallest absolute Gasteiger partial charge is 0.0520 e. The van der Waals surface area contributed by atoms with Crippen molar-refractivity contribution in [2.75, 3.05) is 0 Å². The molecule has 0 aliphatic heterocycles. The third-order valence-corrected chi connectivity index (χ3v) is 5.52. The fourth-order valence-electron chi connectivity index (χ4n) is 1.70. The summed E-state index contributed by atoms with van der Waals surface area (Å²) in [5, 5.41) is 2.76. The van der Waals surface area contributed by atoms with E-state index >= 15 is 0 Å². The van der Waals surface area contributed by atoms with Crippen LogP contribution in [0, 0.1) is 0 Å². The highest BCUT2D eigenvalue weighted by molar-refractivity contribution is 9.10. The molecule has 0 aliphatic carbocycles. The maximum Gasteiger partial charge on any atom is 0.0520 e. The molecule has 0 saturated carbocycles. The summed E-state index contributed by atoms with van der Waals surface area (Å²) in [6.45, 7) is 0. The second-order valence-electron chi connectivity index (χ2n) is 3.78. The molecule has 18 heavy (non-hydrogen) atoms. The zero-order valence-corrected chi connectivity index (χ0v) is 14.0. The van der Waals surface area contributed by atoms with Crippen molar-refractivity contribution in [1.29, 1.82) is 0 Å². The molecule has 0 aliphatic rings. The summed E-state index contributed by atoms with van der Waals surface area (Å²) in [5.74, 6) is 5.67. The van der Waals surface area contributed by atoms with E-state index in [1.165, 1.54) is 4.88 Å². The van der Waals surface area contributed by atoms with Gasteiger partial charge in [-0.2, -0.15) is 0 Å². The largest absolute Gasteiger partial charge is 0.271 e. The van der Waals surface area contributed by atoms with Crippen molar-refractivity contribution in [3.63, 3.8) is 0 Å². The van der Waals surface area contributed by atoms with Gasteiger partial charge in [0.2, 0.25) is 0 Å². The molecule has 0 amide bonds. The van der Waals surface area contributed by atoms with Crippen LogP contribution in [0.15, 0.2) is 38.6 Å². The van der Waals surface area contributed by atoms with Crippen molar-refractivity contribution < 1.29 is 0 Å². The third kappa shape index (κ3) is 3.35. The van der Waals surface area contributed by atoms with Crippen LogP contribution in [-0.2, 0) is 6.42 Å². The van der Waals surface area contributed by atoms with Crippen LogP contribution in [0.25, 0.3) is 0 Å². The zero-order valence-electron chi connectivity index (χ0n) is 9.29. The van der Waals surface area contributed by atoms with Crippen LogP contribution in [0.2, 0.25) is 5.02 Å². The maximum atomic E-state index is 6.03. The van der Waals surface area contributed by atoms with Crippen molar-refractivity contribution in [2.45, 2.75) is 12.5 Å². The summed E-state index contributed by atoms with van der Waals surface area (Å²) < 4.78 is 2.12. The lowest BCUT2D eigenvalue weighted by atomic mass is 10.0. The average Bonchev–Trinajstić information content (AvgIpc) is 2.75. The SMILES string of the molecule is NNC(Cc1sccc1Br)c1cc(Cl)ccc1Br. The first-order valence-corrected chi connectivity index (χ1v) is 8.09. The lowest BCUT2D eigenvalue weighted by Crippen LogP contribution is -2.29. The summed E-state index contributed by atoms with van der Waals surface area (Å²) in [6.07, 6.45) is 0.813. The minimum Gasteiger partial charge on any atom is -0.271 e. The lowest BCUT2D eigenvalue weighted by Gasteiger charge is -2.17. The molecular weight excluding hydrogens is 399 g/mol. The van der Waals surface area contributed by atoms with Crippen LogP contribution in [0.5, 0.6) is 0 Å². The van der Waals surface area contributed by atoms with Gasteiger partial charge in [-0.1, -0.05) is 27.5 Å². The molecule has 2 nitrogen and oxygen atoms in total. The molecule has 2 aromatic rings. The minimum absolute atomic E-state index is 0.0213. The summed E-state index contributed by atoms with van der Waals surface area (Å²) in [4.78, 5) is 1.25. The van der Waals surface area contributed by atoms with Crippen molar-refractivity contribution in [1.82, 2.24) is 5.43 Å². The number of rotatable bonds is 4. The first kappa shape index (κ1) is 14.5. The van der Waals surface area contributed by atoms with E-state index in [0.717, 1.165) is 20.9 Å². The van der Waals surface area contributed by atoms with Gasteiger partial charge in [-0.25, -0.2) is 0 Å². The first-order valence-electron chi connectivity index (χ1n) is 5.24. The molecule has 1 unspecified atom stereocenters. The number of thiophene rings is 1. The van der Waals surface area contributed by atoms with Crippen LogP contribution in [-0.4, -0.2) is 0 Å². The molecule has 0 saturated heterocycles. The van der Waals surface area contributed by atoms with Gasteiger partial charge >= 0.3 is 0 Å². The van der Waals surface area contributed by atoms with E-state index in [0.29, 0.717) is 5.02 Å². The minimum atomic E-state index is 0.0213. The van der Waals surface area contributed by atoms with E-state index in [9.17, 15) is 0 Å². The van der Waals surface area contributed by atoms with Crippen molar-refractivity contribution in [3.8, 4) is 0 Å². The Bertz CT molecular complexity index is 545. The molecule has 0 bridgehead atoms. The molecule has 1 heterocycles. The Morgan fingerprint density at radius 1 is 1.28 bits per heavy atom. The number of benzene rings is 1. The Hall–Kier alpha value is 0.0900. The summed E-state index contributed by atoms with van der Waals surface area (Å²) in [7, 11) is 0. The number of halogens is 3. The Kier molecular flexibility index (Phi) is 5.24. The lowest BCUT2D eigenvalue weighted by molar-refractivity contribution is 0.553. The van der Waals surface area contributed by atoms with E-state index < -0.39 is 0 Å². The molecule has 96 valence electrons. The highest BCUT2D eigenvalue weighted by Gasteiger charge is 2.16. The van der Waals surface area contributed by atoms with Crippen LogP contribution >= 0.6 is 54.8 Å². The summed E-state index contributed by atoms with van der Waals surface area (Å²) in [6, 6.07) is 7.78. The average molecular weight is 411 g/mol. The number of nitrogens with one attached hydrogen (secondary N) is 1. The quantitative estimate of drug-likeness (QED) is 0.568. The molecule has 1 aromatic carbocycles. The Morgan fingerprint density at radius 2 is 2.06 bits per heavy atom. The van der Waals surface area contributed by atoms with E-state index in [2.05, 4.69) is 42.7 Å². The molecule has 2 rings (SSSR count). The Morgan fingerprint density at radius 3 is 2.67 bits per heavy atom. The van der Waals surface area contributed by atoms with Gasteiger partial charge in [-0.05, 0) is 51.1 Å². The molecule has 1 atom stereocenters. The van der Waals surface area contributed by atoms with Gasteiger partial charge in [0.05, 0.1) is 6.04 Å². The Labute approximate surface area is 132 Å². The Balaban J connectivity index is 2.28. The predicted octanol–water partition coefficient (Wildman–Crippen LogP) is 4.67. The monoisotopic (exact) mass is 408 g/mol. The van der Waals surface area contributed by atoms with Crippen molar-refractivity contribution >= 4 is 54.8 Å². The van der Waals surface area contributed by atoms with Gasteiger partial charge in [-0.3, -0.25) is 11.3 Å². The predicted molar refractivity (Wildman–Crippen MR) is 84.9 cm³/mol. The van der Waals surface area contributed by atoms with Gasteiger partial charge in [0, 0.05) is 25.3 Å². The molecule has 0 fully saturated rings. The summed E-state index contributed by atoms with van der Waals surface area (Å²) >= 11 is 14.8. The van der Waals surface area contributed by atoms with Crippen molar-refractivity contribution in [3.05, 3.63) is 54.1 Å². The van der Waals surface area contributed by atoms with E-state index in [-0.39, 0.29) is 6.04 Å². The highest BCUT2D eigenvalue weighted by Crippen LogP contribution is 2.32. The highest BCUT2D eigenvalue weighted by atomic mass is 79.9. The second kappa shape index (κ2) is 6.50. The second-order valence-corrected chi connectivity index (χ2v) is 6.93. The van der Waals surface area contributed by atoms with E-state index in [4.69, 9.17) is 17.4 Å². The number of hydrogen-bond acceptors (Lipinski definition) is 3. The fourth-order valence-corrected chi connectivity index (χ4v) is 3.96. The van der Waals surface area contributed by atoms with Crippen LogP contribution < -0.4 is 11.3 Å². The van der Waals surface area contributed by atoms with Gasteiger partial charge in [-0.15, -0.1) is 11.3 Å². The molecule has 6 heteroatoms. The molecule has 0 spiro atoms. The van der Waals surface area contributed by atoms with Gasteiger partial charge < -0.3 is 0 Å². The van der Waals surface area contributed by atoms with E-state index in [1.54, 1.807) is 11.3 Å². The maximum absolute atomic E-state index is 6.03. The van der Waals surface area contributed by atoms with Gasteiger partial charge in [0.1, 0.15) is 0 Å². The summed E-state index contributed by atoms with van der Waals surface area (Å²) in [5.41, 5.74) is 3.91. The molecule has 0 radical (unpaired) electrons. The van der Waals surface area contributed by atoms with Crippen LogP contribution in [0.4, 0.5) is 0 Å². The number of hydrazine groups is 1. The normalized spacial score (nSPS) is 12.7. The van der Waals surface area contributed by atoms with E-state index in [1.807, 2.05) is 24.3 Å². The fraction of sp³-hybridized carbons (Fsp3) is 0.167. The topological polar surface area (TPSA) is 38.0 Å². The first-order chi connectivity index (χ1) is 8.61.